The third-order valence-electron chi connectivity index (χ3n) is 2.87. The average Bonchev–Trinajstić information content (AvgIpc) is 2.66. The standard InChI is InChI=1S/C16H14NO3.C2H6.C2H5.Y/c18-15(13-9-5-2-6-10-13)17-14(16(19)20)11-12-7-3-1-4-8-12;2*1-2;/h2-10,14H,11H2,(H,17,18)(H,19,20);1-2H3;1H2,2H3;/q-1;;-1;. The van der Waals surface area contributed by atoms with Gasteiger partial charge in [-0.1, -0.05) is 32.0 Å². The van der Waals surface area contributed by atoms with Gasteiger partial charge in [-0.15, -0.1) is 0 Å². The van der Waals surface area contributed by atoms with Gasteiger partial charge in [-0.25, -0.2) is 4.79 Å². The minimum absolute atomic E-state index is 0. The summed E-state index contributed by atoms with van der Waals surface area (Å²) < 4.78 is 0. The zero-order valence-electron chi connectivity index (χ0n) is 15.0. The number of carboxylic acids is 1. The number of hydrogen-bond acceptors (Lipinski definition) is 2. The summed E-state index contributed by atoms with van der Waals surface area (Å²) in [4.78, 5) is 23.2. The quantitative estimate of drug-likeness (QED) is 0.730. The van der Waals surface area contributed by atoms with Crippen LogP contribution in [0.15, 0.2) is 54.6 Å². The molecule has 0 aromatic heterocycles. The molecule has 1 atom stereocenters. The minimum Gasteiger partial charge on any atom is -0.480 e. The maximum absolute atomic E-state index is 12.0. The molecule has 1 unspecified atom stereocenters. The van der Waals surface area contributed by atoms with Crippen molar-refractivity contribution in [3.05, 3.63) is 78.7 Å². The van der Waals surface area contributed by atoms with Gasteiger partial charge in [0.1, 0.15) is 6.04 Å². The van der Waals surface area contributed by atoms with Crippen LogP contribution in [0.25, 0.3) is 0 Å². The first-order valence-electron chi connectivity index (χ1n) is 7.91. The van der Waals surface area contributed by atoms with Gasteiger partial charge in [0, 0.05) is 38.3 Å². The minimum atomic E-state index is -1.05. The molecule has 0 fully saturated rings. The van der Waals surface area contributed by atoms with Gasteiger partial charge in [0.2, 0.25) is 0 Å². The van der Waals surface area contributed by atoms with Crippen LogP contribution in [0.4, 0.5) is 0 Å². The fourth-order valence-electron chi connectivity index (χ4n) is 1.82. The van der Waals surface area contributed by atoms with Crippen molar-refractivity contribution in [3.8, 4) is 0 Å². The molecule has 0 aliphatic carbocycles. The first kappa shape index (κ1) is 25.7. The van der Waals surface area contributed by atoms with Crippen molar-refractivity contribution in [2.75, 3.05) is 0 Å². The number of carbonyl (C=O) groups is 2. The molecule has 0 saturated heterocycles. The van der Waals surface area contributed by atoms with Gasteiger partial charge in [-0.3, -0.25) is 4.79 Å². The summed E-state index contributed by atoms with van der Waals surface area (Å²) >= 11 is 0. The monoisotopic (exact) mass is 416 g/mol. The number of hydrogen-bond donors (Lipinski definition) is 2. The molecule has 0 bridgehead atoms. The van der Waals surface area contributed by atoms with Crippen LogP contribution in [0.3, 0.4) is 0 Å². The van der Waals surface area contributed by atoms with E-state index >= 15 is 0 Å². The summed E-state index contributed by atoms with van der Waals surface area (Å²) in [5.41, 5.74) is 1.28. The van der Waals surface area contributed by atoms with Crippen molar-refractivity contribution >= 4 is 11.9 Å². The van der Waals surface area contributed by atoms with Gasteiger partial charge in [0.15, 0.2) is 0 Å². The van der Waals surface area contributed by atoms with E-state index in [2.05, 4.69) is 18.3 Å². The molecule has 0 aliphatic heterocycles. The van der Waals surface area contributed by atoms with Crippen LogP contribution in [-0.4, -0.2) is 23.0 Å². The summed E-state index contributed by atoms with van der Waals surface area (Å²) in [5, 5.41) is 11.7. The Labute approximate surface area is 175 Å². The molecule has 4 nitrogen and oxygen atoms in total. The average molecular weight is 416 g/mol. The predicted molar refractivity (Wildman–Crippen MR) is 96.7 cm³/mol. The molecular weight excluding hydrogens is 391 g/mol. The molecule has 2 aromatic carbocycles. The van der Waals surface area contributed by atoms with Crippen molar-refractivity contribution in [1.29, 1.82) is 0 Å². The van der Waals surface area contributed by atoms with E-state index in [4.69, 9.17) is 0 Å². The number of amides is 1. The number of carbonyl (C=O) groups excluding carboxylic acids is 1. The van der Waals surface area contributed by atoms with Gasteiger partial charge in [-0.2, -0.15) is 42.8 Å². The molecule has 0 saturated carbocycles. The Kier molecular flexibility index (Phi) is 16.4. The van der Waals surface area contributed by atoms with Gasteiger partial charge < -0.3 is 17.3 Å². The Balaban J connectivity index is 0. The van der Waals surface area contributed by atoms with E-state index in [0.29, 0.717) is 5.56 Å². The summed E-state index contributed by atoms with van der Waals surface area (Å²) in [6.07, 6.45) is 0.239. The predicted octanol–water partition coefficient (Wildman–Crippen LogP) is 3.78. The topological polar surface area (TPSA) is 66.4 Å². The number of rotatable bonds is 5. The third kappa shape index (κ3) is 10.2. The molecular formula is C20H25NO3Y-2. The zero-order valence-corrected chi connectivity index (χ0v) is 17.9. The Morgan fingerprint density at radius 2 is 1.60 bits per heavy atom. The summed E-state index contributed by atoms with van der Waals surface area (Å²) in [5.74, 6) is -1.44. The number of carboxylic acid groups (broad SMARTS) is 1. The van der Waals surface area contributed by atoms with Crippen molar-refractivity contribution < 1.29 is 47.4 Å². The SMILES string of the molecule is CC.O=C(NC(Cc1cc[c-]cc1)C(=O)O)c1ccccc1.[CH2-]C.[Y]. The first-order chi connectivity index (χ1) is 11.7. The van der Waals surface area contributed by atoms with Gasteiger partial charge >= 0.3 is 5.97 Å². The maximum Gasteiger partial charge on any atom is 0.326 e. The van der Waals surface area contributed by atoms with E-state index < -0.39 is 12.0 Å². The molecule has 2 N–H and O–H groups in total. The Bertz CT molecular complexity index is 588. The van der Waals surface area contributed by atoms with Crippen LogP contribution in [0.5, 0.6) is 0 Å². The fourth-order valence-corrected chi connectivity index (χ4v) is 1.82. The molecule has 5 heteroatoms. The van der Waals surface area contributed by atoms with Crippen molar-refractivity contribution in [2.45, 2.75) is 33.2 Å². The van der Waals surface area contributed by atoms with Gasteiger partial charge in [0.25, 0.3) is 5.91 Å². The second kappa shape index (κ2) is 16.0. The molecule has 2 aromatic rings. The fraction of sp³-hybridized carbons (Fsp3) is 0.250. The van der Waals surface area contributed by atoms with Crippen LogP contribution >= 0.6 is 0 Å². The van der Waals surface area contributed by atoms with E-state index in [1.54, 1.807) is 61.5 Å². The smallest absolute Gasteiger partial charge is 0.326 e. The molecule has 2 rings (SSSR count). The van der Waals surface area contributed by atoms with Crippen molar-refractivity contribution in [1.82, 2.24) is 5.32 Å². The zero-order chi connectivity index (χ0) is 18.4. The van der Waals surface area contributed by atoms with E-state index in [9.17, 15) is 14.7 Å². The molecule has 1 amide bonds. The number of nitrogens with one attached hydrogen (secondary N) is 1. The molecule has 0 spiro atoms. The first-order valence-corrected chi connectivity index (χ1v) is 7.91. The van der Waals surface area contributed by atoms with Crippen LogP contribution in [0.2, 0.25) is 0 Å². The maximum atomic E-state index is 12.0. The largest absolute Gasteiger partial charge is 0.480 e. The molecule has 25 heavy (non-hydrogen) atoms. The van der Waals surface area contributed by atoms with Crippen LogP contribution in [0, 0.1) is 13.0 Å². The van der Waals surface area contributed by atoms with Crippen molar-refractivity contribution in [2.24, 2.45) is 0 Å². The second-order valence-corrected chi connectivity index (χ2v) is 4.34. The Hall–Kier alpha value is -1.52. The summed E-state index contributed by atoms with van der Waals surface area (Å²) in [6.45, 7) is 9.00. The molecule has 0 heterocycles. The Morgan fingerprint density at radius 1 is 1.08 bits per heavy atom. The number of benzene rings is 2. The number of aliphatic carboxylic acids is 1. The summed E-state index contributed by atoms with van der Waals surface area (Å²) in [6, 6.07) is 17.5. The molecule has 1 radical (unpaired) electrons. The molecule has 0 aliphatic rings. The van der Waals surface area contributed by atoms with E-state index in [0.717, 1.165) is 5.56 Å². The third-order valence-corrected chi connectivity index (χ3v) is 2.87. The van der Waals surface area contributed by atoms with E-state index in [-0.39, 0.29) is 45.0 Å². The van der Waals surface area contributed by atoms with E-state index in [1.165, 1.54) is 0 Å². The van der Waals surface area contributed by atoms with Gasteiger partial charge in [0.05, 0.1) is 0 Å². The summed E-state index contributed by atoms with van der Waals surface area (Å²) in [7, 11) is 0. The van der Waals surface area contributed by atoms with Crippen LogP contribution in [-0.2, 0) is 43.9 Å². The Morgan fingerprint density at radius 3 is 2.08 bits per heavy atom. The van der Waals surface area contributed by atoms with Crippen LogP contribution < -0.4 is 5.32 Å². The van der Waals surface area contributed by atoms with Crippen molar-refractivity contribution in [3.63, 3.8) is 0 Å². The van der Waals surface area contributed by atoms with Crippen LogP contribution in [0.1, 0.15) is 36.7 Å². The second-order valence-electron chi connectivity index (χ2n) is 4.34. The van der Waals surface area contributed by atoms with Gasteiger partial charge in [-0.05, 0) is 18.6 Å². The normalized spacial score (nSPS) is 9.76. The molecule has 133 valence electrons. The van der Waals surface area contributed by atoms with E-state index in [1.807, 2.05) is 13.8 Å².